The highest BCUT2D eigenvalue weighted by Gasteiger charge is 2.28. The van der Waals surface area contributed by atoms with Crippen LogP contribution in [0, 0.1) is 10.1 Å². The van der Waals surface area contributed by atoms with E-state index in [4.69, 9.17) is 18.9 Å². The third-order valence-electron chi connectivity index (χ3n) is 4.00. The Morgan fingerprint density at radius 2 is 1.70 bits per heavy atom. The quantitative estimate of drug-likeness (QED) is 0.374. The molecule has 10 nitrogen and oxygen atoms in total. The number of hydrogen-bond donors (Lipinski definition) is 1. The molecule has 0 spiro atoms. The number of rotatable bonds is 9. The Balaban J connectivity index is 2.14. The molecular weight excluding hydrogens is 396 g/mol. The van der Waals surface area contributed by atoms with E-state index in [-0.39, 0.29) is 17.1 Å². The van der Waals surface area contributed by atoms with Crippen molar-refractivity contribution in [3.8, 4) is 17.2 Å². The van der Waals surface area contributed by atoms with Crippen molar-refractivity contribution in [2.45, 2.75) is 20.0 Å². The van der Waals surface area contributed by atoms with Gasteiger partial charge < -0.3 is 24.3 Å². The number of anilines is 1. The molecule has 0 fully saturated rings. The number of nitro groups is 1. The Hall–Kier alpha value is -3.82. The number of nitrogens with zero attached hydrogens (tertiary/aromatic N) is 1. The Bertz CT molecular complexity index is 927. The molecule has 1 atom stereocenters. The molecule has 0 aliphatic rings. The van der Waals surface area contributed by atoms with Gasteiger partial charge in [0.15, 0.2) is 17.6 Å². The average Bonchev–Trinajstić information content (AvgIpc) is 2.73. The molecule has 0 radical (unpaired) electrons. The van der Waals surface area contributed by atoms with Crippen molar-refractivity contribution in [2.75, 3.05) is 26.1 Å². The van der Waals surface area contributed by atoms with Crippen LogP contribution in [-0.4, -0.2) is 43.7 Å². The lowest BCUT2D eigenvalue weighted by Crippen LogP contribution is -2.30. The maximum Gasteiger partial charge on any atom is 0.346 e. The highest BCUT2D eigenvalue weighted by Crippen LogP contribution is 2.35. The first-order valence-electron chi connectivity index (χ1n) is 8.95. The van der Waals surface area contributed by atoms with E-state index in [0.29, 0.717) is 18.0 Å². The minimum absolute atomic E-state index is 0.0852. The van der Waals surface area contributed by atoms with Gasteiger partial charge >= 0.3 is 5.97 Å². The van der Waals surface area contributed by atoms with Gasteiger partial charge in [0.2, 0.25) is 0 Å². The van der Waals surface area contributed by atoms with Gasteiger partial charge in [0.25, 0.3) is 11.6 Å². The third kappa shape index (κ3) is 5.37. The van der Waals surface area contributed by atoms with Crippen LogP contribution >= 0.6 is 0 Å². The smallest absolute Gasteiger partial charge is 0.346 e. The minimum Gasteiger partial charge on any atom is -0.494 e. The second-order valence-electron chi connectivity index (χ2n) is 5.98. The summed E-state index contributed by atoms with van der Waals surface area (Å²) < 4.78 is 20.5. The van der Waals surface area contributed by atoms with Gasteiger partial charge in [-0.3, -0.25) is 14.9 Å². The molecule has 0 saturated carbocycles. The second kappa shape index (κ2) is 10.1. The molecule has 0 aliphatic heterocycles. The van der Waals surface area contributed by atoms with E-state index in [9.17, 15) is 19.7 Å². The maximum absolute atomic E-state index is 12.5. The fourth-order valence-electron chi connectivity index (χ4n) is 2.51. The summed E-state index contributed by atoms with van der Waals surface area (Å²) in [5.74, 6) is -0.799. The van der Waals surface area contributed by atoms with Crippen LogP contribution in [0.25, 0.3) is 0 Å². The highest BCUT2D eigenvalue weighted by atomic mass is 16.6. The Morgan fingerprint density at radius 3 is 2.23 bits per heavy atom. The van der Waals surface area contributed by atoms with Crippen LogP contribution < -0.4 is 19.5 Å². The second-order valence-corrected chi connectivity index (χ2v) is 5.98. The van der Waals surface area contributed by atoms with E-state index in [0.717, 1.165) is 12.1 Å². The lowest BCUT2D eigenvalue weighted by Gasteiger charge is -2.15. The fraction of sp³-hybridized carbons (Fsp3) is 0.300. The number of benzene rings is 2. The molecule has 0 bridgehead atoms. The zero-order valence-corrected chi connectivity index (χ0v) is 17.0. The zero-order chi connectivity index (χ0) is 22.3. The molecule has 1 amide bonds. The summed E-state index contributed by atoms with van der Waals surface area (Å²) in [5, 5.41) is 13.9. The molecule has 2 rings (SSSR count). The summed E-state index contributed by atoms with van der Waals surface area (Å²) in [5.41, 5.74) is -0.418. The van der Waals surface area contributed by atoms with Gasteiger partial charge in [0.1, 0.15) is 11.3 Å². The number of methoxy groups -OCH3 is 2. The number of ether oxygens (including phenoxy) is 4. The molecule has 160 valence electrons. The van der Waals surface area contributed by atoms with Crippen LogP contribution in [0.2, 0.25) is 0 Å². The minimum atomic E-state index is -1.21. The Morgan fingerprint density at radius 1 is 1.10 bits per heavy atom. The van der Waals surface area contributed by atoms with E-state index in [2.05, 4.69) is 5.32 Å². The largest absolute Gasteiger partial charge is 0.494 e. The Labute approximate surface area is 172 Å². The van der Waals surface area contributed by atoms with Crippen LogP contribution in [0.1, 0.15) is 24.2 Å². The molecule has 0 aliphatic carbocycles. The Kier molecular flexibility index (Phi) is 7.56. The van der Waals surface area contributed by atoms with Crippen LogP contribution in [-0.2, 0) is 9.53 Å². The summed E-state index contributed by atoms with van der Waals surface area (Å²) in [7, 11) is 2.64. The first-order chi connectivity index (χ1) is 14.3. The van der Waals surface area contributed by atoms with E-state index in [1.165, 1.54) is 21.1 Å². The number of carbonyl (C=O) groups is 2. The summed E-state index contributed by atoms with van der Waals surface area (Å²) in [6, 6.07) is 8.83. The van der Waals surface area contributed by atoms with Crippen molar-refractivity contribution in [1.29, 1.82) is 0 Å². The topological polar surface area (TPSA) is 126 Å². The lowest BCUT2D eigenvalue weighted by atomic mass is 10.1. The number of nitro benzene ring substituents is 1. The van der Waals surface area contributed by atoms with Crippen molar-refractivity contribution in [3.63, 3.8) is 0 Å². The van der Waals surface area contributed by atoms with E-state index < -0.39 is 28.6 Å². The lowest BCUT2D eigenvalue weighted by molar-refractivity contribution is -0.385. The van der Waals surface area contributed by atoms with Gasteiger partial charge in [-0.2, -0.15) is 0 Å². The van der Waals surface area contributed by atoms with Crippen LogP contribution in [0.15, 0.2) is 36.4 Å². The molecule has 2 aromatic carbocycles. The van der Waals surface area contributed by atoms with Crippen molar-refractivity contribution >= 4 is 23.3 Å². The molecule has 1 N–H and O–H groups in total. The molecular formula is C20H22N2O8. The standard InChI is InChI=1S/C20H22N2O8/c1-5-29-14-8-6-13(7-9-14)21-19(23)12(2)30-20(24)15-10-17(27-3)18(28-4)11-16(15)22(25)26/h6-12H,5H2,1-4H3,(H,21,23)/t12-/m0/s1. The normalized spacial score (nSPS) is 11.2. The number of esters is 1. The number of nitrogens with one attached hydrogen (secondary N) is 1. The van der Waals surface area contributed by atoms with E-state index in [1.807, 2.05) is 6.92 Å². The molecule has 0 unspecified atom stereocenters. The first-order valence-corrected chi connectivity index (χ1v) is 8.95. The molecule has 0 aromatic heterocycles. The van der Waals surface area contributed by atoms with Crippen molar-refractivity contribution in [2.24, 2.45) is 0 Å². The monoisotopic (exact) mass is 418 g/mol. The number of amides is 1. The van der Waals surface area contributed by atoms with Crippen molar-refractivity contribution in [1.82, 2.24) is 0 Å². The molecule has 2 aromatic rings. The predicted octanol–water partition coefficient (Wildman–Crippen LogP) is 3.19. The van der Waals surface area contributed by atoms with Gasteiger partial charge in [0.05, 0.1) is 31.8 Å². The zero-order valence-electron chi connectivity index (χ0n) is 17.0. The molecule has 10 heteroatoms. The fourth-order valence-corrected chi connectivity index (χ4v) is 2.51. The van der Waals surface area contributed by atoms with E-state index in [1.54, 1.807) is 24.3 Å². The van der Waals surface area contributed by atoms with Gasteiger partial charge in [-0.05, 0) is 38.1 Å². The van der Waals surface area contributed by atoms with Crippen LogP contribution in [0.4, 0.5) is 11.4 Å². The molecule has 30 heavy (non-hydrogen) atoms. The number of hydrogen-bond acceptors (Lipinski definition) is 8. The number of carbonyl (C=O) groups excluding carboxylic acids is 2. The van der Waals surface area contributed by atoms with Gasteiger partial charge in [-0.15, -0.1) is 0 Å². The SMILES string of the molecule is CCOc1ccc(NC(=O)[C@H](C)OC(=O)c2cc(OC)c(OC)cc2[N+](=O)[O-])cc1. The van der Waals surface area contributed by atoms with Gasteiger partial charge in [0, 0.05) is 11.8 Å². The molecule has 0 saturated heterocycles. The maximum atomic E-state index is 12.5. The summed E-state index contributed by atoms with van der Waals surface area (Å²) in [4.78, 5) is 35.4. The average molecular weight is 418 g/mol. The first kappa shape index (κ1) is 22.5. The third-order valence-corrected chi connectivity index (χ3v) is 4.00. The van der Waals surface area contributed by atoms with Gasteiger partial charge in [-0.25, -0.2) is 4.79 Å². The van der Waals surface area contributed by atoms with Gasteiger partial charge in [-0.1, -0.05) is 0 Å². The molecule has 0 heterocycles. The van der Waals surface area contributed by atoms with Crippen LogP contribution in [0.5, 0.6) is 17.2 Å². The van der Waals surface area contributed by atoms with Crippen molar-refractivity contribution < 1.29 is 33.5 Å². The summed E-state index contributed by atoms with van der Waals surface area (Å²) in [6.45, 7) is 3.73. The highest BCUT2D eigenvalue weighted by molar-refractivity contribution is 5.99. The summed E-state index contributed by atoms with van der Waals surface area (Å²) in [6.07, 6.45) is -1.21. The van der Waals surface area contributed by atoms with E-state index >= 15 is 0 Å². The van der Waals surface area contributed by atoms with Crippen LogP contribution in [0.3, 0.4) is 0 Å². The van der Waals surface area contributed by atoms with Crippen molar-refractivity contribution in [3.05, 3.63) is 52.1 Å². The summed E-state index contributed by atoms with van der Waals surface area (Å²) >= 11 is 0. The predicted molar refractivity (Wildman–Crippen MR) is 107 cm³/mol.